The molecule has 0 bridgehead atoms. The summed E-state index contributed by atoms with van der Waals surface area (Å²) in [5.74, 6) is -1.14. The normalized spacial score (nSPS) is 17.9. The van der Waals surface area contributed by atoms with Gasteiger partial charge in [-0.2, -0.15) is 0 Å². The number of methoxy groups -OCH3 is 1. The molecule has 0 aliphatic carbocycles. The van der Waals surface area contributed by atoms with Gasteiger partial charge in [0.25, 0.3) is 5.78 Å². The van der Waals surface area contributed by atoms with Crippen LogP contribution in [-0.2, 0) is 15.0 Å². The van der Waals surface area contributed by atoms with Gasteiger partial charge in [0.05, 0.1) is 18.7 Å². The van der Waals surface area contributed by atoms with Crippen molar-refractivity contribution in [3.8, 4) is 5.75 Å². The number of anilines is 1. The van der Waals surface area contributed by atoms with Crippen LogP contribution in [0.15, 0.2) is 72.6 Å². The fourth-order valence-electron chi connectivity index (χ4n) is 3.84. The minimum Gasteiger partial charge on any atom is -0.507 e. The third kappa shape index (κ3) is 4.09. The fourth-order valence-corrected chi connectivity index (χ4v) is 3.84. The van der Waals surface area contributed by atoms with Crippen molar-refractivity contribution in [3.63, 3.8) is 0 Å². The minimum atomic E-state index is -0.872. The molecular formula is C26H25N3O4. The largest absolute Gasteiger partial charge is 0.507 e. The first kappa shape index (κ1) is 22.2. The van der Waals surface area contributed by atoms with Gasteiger partial charge in [0.15, 0.2) is 0 Å². The second-order valence-corrected chi connectivity index (χ2v) is 8.82. The van der Waals surface area contributed by atoms with Gasteiger partial charge in [0.1, 0.15) is 11.5 Å². The first-order valence-corrected chi connectivity index (χ1v) is 10.6. The summed E-state index contributed by atoms with van der Waals surface area (Å²) in [5, 5.41) is 11.2. The summed E-state index contributed by atoms with van der Waals surface area (Å²) < 4.78 is 5.17. The molecule has 1 aliphatic heterocycles. The summed E-state index contributed by atoms with van der Waals surface area (Å²) in [6.45, 7) is 6.32. The van der Waals surface area contributed by atoms with E-state index in [-0.39, 0.29) is 22.7 Å². The smallest absolute Gasteiger partial charge is 0.302 e. The van der Waals surface area contributed by atoms with Crippen LogP contribution in [0.4, 0.5) is 5.95 Å². The van der Waals surface area contributed by atoms with Crippen LogP contribution in [0.25, 0.3) is 5.76 Å². The molecular weight excluding hydrogens is 418 g/mol. The summed E-state index contributed by atoms with van der Waals surface area (Å²) in [4.78, 5) is 35.9. The van der Waals surface area contributed by atoms with E-state index in [4.69, 9.17) is 4.74 Å². The van der Waals surface area contributed by atoms with Crippen molar-refractivity contribution < 1.29 is 19.4 Å². The van der Waals surface area contributed by atoms with E-state index in [0.29, 0.717) is 16.9 Å². The molecule has 1 aromatic heterocycles. The van der Waals surface area contributed by atoms with Crippen molar-refractivity contribution >= 4 is 23.4 Å². The van der Waals surface area contributed by atoms with Crippen molar-refractivity contribution in [1.82, 2.24) is 9.97 Å². The second-order valence-electron chi connectivity index (χ2n) is 8.82. The number of hydrogen-bond acceptors (Lipinski definition) is 6. The minimum absolute atomic E-state index is 0.0128. The average Bonchev–Trinajstić information content (AvgIpc) is 3.09. The summed E-state index contributed by atoms with van der Waals surface area (Å²) in [7, 11) is 1.54. The van der Waals surface area contributed by atoms with E-state index in [0.717, 1.165) is 5.56 Å². The molecule has 1 atom stereocenters. The molecule has 1 amide bonds. The molecule has 2 heterocycles. The SMILES string of the molecule is COc1ccc(C(O)=C2C(=O)C(=O)N(c3ncccn3)C2c2ccc(C(C)(C)C)cc2)cc1. The number of Topliss-reactive ketones (excluding diaryl/α,β-unsaturated/α-hetero) is 1. The number of carbonyl (C=O) groups is 2. The number of benzene rings is 2. The molecule has 1 saturated heterocycles. The third-order valence-electron chi connectivity index (χ3n) is 5.67. The third-order valence-corrected chi connectivity index (χ3v) is 5.67. The maximum atomic E-state index is 13.1. The first-order valence-electron chi connectivity index (χ1n) is 10.6. The highest BCUT2D eigenvalue weighted by atomic mass is 16.5. The Bertz CT molecular complexity index is 1210. The monoisotopic (exact) mass is 443 g/mol. The van der Waals surface area contributed by atoms with Crippen LogP contribution >= 0.6 is 0 Å². The van der Waals surface area contributed by atoms with E-state index in [1.54, 1.807) is 37.4 Å². The van der Waals surface area contributed by atoms with Crippen LogP contribution in [0.3, 0.4) is 0 Å². The number of rotatable bonds is 4. The molecule has 1 aliphatic rings. The highest BCUT2D eigenvalue weighted by Gasteiger charge is 2.48. The van der Waals surface area contributed by atoms with Gasteiger partial charge in [0, 0.05) is 18.0 Å². The molecule has 0 saturated carbocycles. The Morgan fingerprint density at radius 1 is 0.970 bits per heavy atom. The Labute approximate surface area is 192 Å². The van der Waals surface area contributed by atoms with E-state index in [9.17, 15) is 14.7 Å². The Morgan fingerprint density at radius 2 is 1.58 bits per heavy atom. The van der Waals surface area contributed by atoms with Crippen molar-refractivity contribution in [2.45, 2.75) is 32.2 Å². The molecule has 1 N–H and O–H groups in total. The van der Waals surface area contributed by atoms with Crippen molar-refractivity contribution in [2.24, 2.45) is 0 Å². The predicted molar refractivity (Wildman–Crippen MR) is 125 cm³/mol. The summed E-state index contributed by atoms with van der Waals surface area (Å²) >= 11 is 0. The highest BCUT2D eigenvalue weighted by molar-refractivity contribution is 6.51. The van der Waals surface area contributed by atoms with Crippen molar-refractivity contribution in [1.29, 1.82) is 0 Å². The Balaban J connectivity index is 1.90. The molecule has 1 fully saturated rings. The lowest BCUT2D eigenvalue weighted by Crippen LogP contribution is -2.31. The van der Waals surface area contributed by atoms with Crippen LogP contribution in [-0.4, -0.2) is 33.9 Å². The zero-order valence-corrected chi connectivity index (χ0v) is 18.9. The quantitative estimate of drug-likeness (QED) is 0.365. The molecule has 0 spiro atoms. The molecule has 2 aromatic carbocycles. The van der Waals surface area contributed by atoms with Crippen LogP contribution in [0.1, 0.15) is 43.5 Å². The van der Waals surface area contributed by atoms with Gasteiger partial charge < -0.3 is 9.84 Å². The van der Waals surface area contributed by atoms with E-state index >= 15 is 0 Å². The summed E-state index contributed by atoms with van der Waals surface area (Å²) in [6.07, 6.45) is 3.01. The van der Waals surface area contributed by atoms with E-state index in [2.05, 4.69) is 30.7 Å². The molecule has 7 nitrogen and oxygen atoms in total. The number of nitrogens with zero attached hydrogens (tertiary/aromatic N) is 3. The maximum absolute atomic E-state index is 13.1. The van der Waals surface area contributed by atoms with Gasteiger partial charge in [-0.05, 0) is 46.9 Å². The van der Waals surface area contributed by atoms with Gasteiger partial charge in [-0.15, -0.1) is 0 Å². The molecule has 3 aromatic rings. The number of aromatic nitrogens is 2. The number of hydrogen-bond donors (Lipinski definition) is 1. The standard InChI is InChI=1S/C26H25N3O4/c1-26(2,3)18-10-6-16(7-11-18)21-20(22(30)17-8-12-19(33-4)13-9-17)23(31)24(32)29(21)25-27-14-5-15-28-25/h5-15,21,30H,1-4H3. The van der Waals surface area contributed by atoms with Gasteiger partial charge in [-0.1, -0.05) is 45.0 Å². The van der Waals surface area contributed by atoms with Crippen LogP contribution < -0.4 is 9.64 Å². The molecule has 1 unspecified atom stereocenters. The maximum Gasteiger partial charge on any atom is 0.302 e. The fraction of sp³-hybridized carbons (Fsp3) is 0.231. The summed E-state index contributed by atoms with van der Waals surface area (Å²) in [5.41, 5.74) is 2.10. The topological polar surface area (TPSA) is 92.6 Å². The number of aliphatic hydroxyl groups excluding tert-OH is 1. The Hall–Kier alpha value is -4.00. The number of aliphatic hydroxyl groups is 1. The number of amides is 1. The van der Waals surface area contributed by atoms with E-state index in [1.165, 1.54) is 17.3 Å². The van der Waals surface area contributed by atoms with Gasteiger partial charge >= 0.3 is 5.91 Å². The summed E-state index contributed by atoms with van der Waals surface area (Å²) in [6, 6.07) is 15.1. The average molecular weight is 444 g/mol. The first-order chi connectivity index (χ1) is 15.7. The predicted octanol–water partition coefficient (Wildman–Crippen LogP) is 4.41. The highest BCUT2D eigenvalue weighted by Crippen LogP contribution is 2.41. The van der Waals surface area contributed by atoms with Crippen LogP contribution in [0.5, 0.6) is 5.75 Å². The zero-order chi connectivity index (χ0) is 23.8. The van der Waals surface area contributed by atoms with E-state index < -0.39 is 17.7 Å². The van der Waals surface area contributed by atoms with Gasteiger partial charge in [-0.3, -0.25) is 14.5 Å². The van der Waals surface area contributed by atoms with E-state index in [1.807, 2.05) is 24.3 Å². The van der Waals surface area contributed by atoms with Gasteiger partial charge in [-0.25, -0.2) is 9.97 Å². The van der Waals surface area contributed by atoms with Crippen LogP contribution in [0, 0.1) is 0 Å². The lowest BCUT2D eigenvalue weighted by atomic mass is 9.85. The van der Waals surface area contributed by atoms with Crippen molar-refractivity contribution in [3.05, 3.63) is 89.3 Å². The molecule has 4 rings (SSSR count). The molecule has 7 heteroatoms. The zero-order valence-electron chi connectivity index (χ0n) is 18.9. The van der Waals surface area contributed by atoms with Gasteiger partial charge in [0.2, 0.25) is 5.95 Å². The lowest BCUT2D eigenvalue weighted by molar-refractivity contribution is -0.132. The Kier molecular flexibility index (Phi) is 5.72. The molecule has 33 heavy (non-hydrogen) atoms. The second kappa shape index (κ2) is 8.50. The van der Waals surface area contributed by atoms with Crippen molar-refractivity contribution in [2.75, 3.05) is 12.0 Å². The number of carbonyl (C=O) groups excluding carboxylic acids is 2. The Morgan fingerprint density at radius 3 is 2.12 bits per heavy atom. The number of ketones is 1. The lowest BCUT2D eigenvalue weighted by Gasteiger charge is -2.25. The molecule has 168 valence electrons. The van der Waals surface area contributed by atoms with Crippen LogP contribution in [0.2, 0.25) is 0 Å². The molecule has 0 radical (unpaired) electrons. The number of ether oxygens (including phenoxy) is 1.